The molecule has 21 heavy (non-hydrogen) atoms. The summed E-state index contributed by atoms with van der Waals surface area (Å²) in [5, 5.41) is 20.1. The van der Waals surface area contributed by atoms with Crippen molar-refractivity contribution in [3.05, 3.63) is 29.8 Å². The van der Waals surface area contributed by atoms with E-state index in [2.05, 4.69) is 5.32 Å². The van der Waals surface area contributed by atoms with Crippen LogP contribution in [0.15, 0.2) is 24.3 Å². The van der Waals surface area contributed by atoms with Gasteiger partial charge in [-0.2, -0.15) is 5.26 Å². The normalized spacial score (nSPS) is 12.8. The van der Waals surface area contributed by atoms with E-state index in [1.54, 1.807) is 24.3 Å². The van der Waals surface area contributed by atoms with Gasteiger partial charge in [-0.1, -0.05) is 0 Å². The summed E-state index contributed by atoms with van der Waals surface area (Å²) in [5.41, 5.74) is -1.04. The highest BCUT2D eigenvalue weighted by atomic mass is 16.5. The van der Waals surface area contributed by atoms with Crippen molar-refractivity contribution in [2.45, 2.75) is 12.5 Å². The van der Waals surface area contributed by atoms with E-state index in [1.165, 1.54) is 14.0 Å². The molecule has 7 heteroatoms. The third kappa shape index (κ3) is 4.78. The monoisotopic (exact) mass is 292 g/mol. The summed E-state index contributed by atoms with van der Waals surface area (Å²) >= 11 is 0. The number of benzene rings is 1. The summed E-state index contributed by atoms with van der Waals surface area (Å²) in [6.45, 7) is 0.849. The van der Waals surface area contributed by atoms with E-state index in [4.69, 9.17) is 19.8 Å². The van der Waals surface area contributed by atoms with Gasteiger partial charge in [0, 0.05) is 7.11 Å². The van der Waals surface area contributed by atoms with Crippen molar-refractivity contribution in [1.82, 2.24) is 5.32 Å². The second-order valence-electron chi connectivity index (χ2n) is 4.54. The Hall–Kier alpha value is -2.59. The predicted molar refractivity (Wildman–Crippen MR) is 72.7 cm³/mol. The van der Waals surface area contributed by atoms with Crippen LogP contribution in [0.5, 0.6) is 5.75 Å². The molecule has 112 valence electrons. The Morgan fingerprint density at radius 2 is 2.00 bits per heavy atom. The zero-order chi connectivity index (χ0) is 15.9. The molecule has 7 nitrogen and oxygen atoms in total. The molecule has 1 rings (SSSR count). The van der Waals surface area contributed by atoms with E-state index in [0.29, 0.717) is 11.3 Å². The second-order valence-corrected chi connectivity index (χ2v) is 4.54. The lowest BCUT2D eigenvalue weighted by Gasteiger charge is -2.25. The minimum atomic E-state index is -1.51. The van der Waals surface area contributed by atoms with E-state index < -0.39 is 17.4 Å². The number of methoxy groups -OCH3 is 1. The Kier molecular flexibility index (Phi) is 5.69. The van der Waals surface area contributed by atoms with E-state index >= 15 is 0 Å². The van der Waals surface area contributed by atoms with E-state index in [1.807, 2.05) is 6.07 Å². The first-order chi connectivity index (χ1) is 9.91. The smallest absolute Gasteiger partial charge is 0.331 e. The minimum Gasteiger partial charge on any atom is -0.484 e. The number of nitriles is 1. The van der Waals surface area contributed by atoms with E-state index in [-0.39, 0.29) is 13.2 Å². The fourth-order valence-corrected chi connectivity index (χ4v) is 1.56. The number of rotatable bonds is 7. The molecule has 0 aromatic heterocycles. The van der Waals surface area contributed by atoms with Gasteiger partial charge in [0.05, 0.1) is 18.2 Å². The number of nitrogens with zero attached hydrogens (tertiary/aromatic N) is 1. The molecule has 0 saturated heterocycles. The molecule has 0 spiro atoms. The van der Waals surface area contributed by atoms with Crippen LogP contribution in [0.25, 0.3) is 0 Å². The number of hydrogen-bond acceptors (Lipinski definition) is 5. The number of carboxylic acid groups (broad SMARTS) is 1. The van der Waals surface area contributed by atoms with Crippen LogP contribution in [0.1, 0.15) is 12.5 Å². The lowest BCUT2D eigenvalue weighted by atomic mass is 10.0. The van der Waals surface area contributed by atoms with Crippen LogP contribution in [0.3, 0.4) is 0 Å². The third-order valence-corrected chi connectivity index (χ3v) is 2.67. The number of nitrogens with one attached hydrogen (secondary N) is 1. The molecule has 0 radical (unpaired) electrons. The van der Waals surface area contributed by atoms with Crippen LogP contribution < -0.4 is 10.1 Å². The van der Waals surface area contributed by atoms with Crippen molar-refractivity contribution < 1.29 is 24.2 Å². The lowest BCUT2D eigenvalue weighted by Crippen LogP contribution is -2.56. The van der Waals surface area contributed by atoms with Crippen LogP contribution in [0.4, 0.5) is 0 Å². The first-order valence-electron chi connectivity index (χ1n) is 6.07. The SMILES string of the molecule is COCC(C)(NC(=O)COc1ccc(C#N)cc1)C(=O)O. The molecule has 0 fully saturated rings. The Labute approximate surface area is 122 Å². The molecule has 0 saturated carbocycles. The maximum Gasteiger partial charge on any atom is 0.331 e. The summed E-state index contributed by atoms with van der Waals surface area (Å²) < 4.78 is 10.0. The van der Waals surface area contributed by atoms with Gasteiger partial charge in [-0.15, -0.1) is 0 Å². The molecule has 0 heterocycles. The van der Waals surface area contributed by atoms with Gasteiger partial charge in [0.1, 0.15) is 5.75 Å². The van der Waals surface area contributed by atoms with Crippen LogP contribution in [0, 0.1) is 11.3 Å². The molecule has 2 N–H and O–H groups in total. The molecule has 0 bridgehead atoms. The van der Waals surface area contributed by atoms with Gasteiger partial charge >= 0.3 is 5.97 Å². The number of carboxylic acids is 1. The third-order valence-electron chi connectivity index (χ3n) is 2.67. The highest BCUT2D eigenvalue weighted by Gasteiger charge is 2.35. The van der Waals surface area contributed by atoms with E-state index in [0.717, 1.165) is 0 Å². The largest absolute Gasteiger partial charge is 0.484 e. The molecule has 1 aromatic carbocycles. The Morgan fingerprint density at radius 3 is 2.48 bits per heavy atom. The molecule has 1 unspecified atom stereocenters. The number of ether oxygens (including phenoxy) is 2. The van der Waals surface area contributed by atoms with Crippen LogP contribution in [-0.2, 0) is 14.3 Å². The standard InChI is InChI=1S/C14H16N2O5/c1-14(9-20-2,13(18)19)16-12(17)8-21-11-5-3-10(7-15)4-6-11/h3-6H,8-9H2,1-2H3,(H,16,17)(H,18,19). The average molecular weight is 292 g/mol. The number of hydrogen-bond donors (Lipinski definition) is 2. The Bertz CT molecular complexity index is 549. The molecule has 1 amide bonds. The quantitative estimate of drug-likeness (QED) is 0.759. The Balaban J connectivity index is 2.56. The first-order valence-corrected chi connectivity index (χ1v) is 6.07. The van der Waals surface area contributed by atoms with Crippen molar-refractivity contribution in [1.29, 1.82) is 5.26 Å². The van der Waals surface area contributed by atoms with E-state index in [9.17, 15) is 9.59 Å². The summed E-state index contributed by atoms with van der Waals surface area (Å²) in [6, 6.07) is 8.18. The molecular formula is C14H16N2O5. The summed E-state index contributed by atoms with van der Waals surface area (Å²) in [4.78, 5) is 22.9. The topological polar surface area (TPSA) is 109 Å². The van der Waals surface area contributed by atoms with Crippen LogP contribution in [-0.4, -0.2) is 42.8 Å². The average Bonchev–Trinajstić information content (AvgIpc) is 2.45. The van der Waals surface area contributed by atoms with Gasteiger partial charge in [-0.25, -0.2) is 4.79 Å². The van der Waals surface area contributed by atoms with Gasteiger partial charge in [0.25, 0.3) is 5.91 Å². The minimum absolute atomic E-state index is 0.162. The zero-order valence-electron chi connectivity index (χ0n) is 11.8. The number of carbonyl (C=O) groups is 2. The highest BCUT2D eigenvalue weighted by molar-refractivity contribution is 5.87. The molecule has 0 aliphatic heterocycles. The van der Waals surface area contributed by atoms with Gasteiger partial charge in [-0.3, -0.25) is 4.79 Å². The fraction of sp³-hybridized carbons (Fsp3) is 0.357. The molecule has 1 aromatic rings. The summed E-state index contributed by atoms with van der Waals surface area (Å²) in [7, 11) is 1.35. The maximum atomic E-state index is 11.7. The molecular weight excluding hydrogens is 276 g/mol. The van der Waals surface area contributed by atoms with Gasteiger partial charge in [0.2, 0.25) is 0 Å². The molecule has 1 atom stereocenters. The molecule has 0 aliphatic rings. The first kappa shape index (κ1) is 16.5. The zero-order valence-corrected chi connectivity index (χ0v) is 11.8. The molecule has 0 aliphatic carbocycles. The van der Waals surface area contributed by atoms with Crippen molar-refractivity contribution >= 4 is 11.9 Å². The second kappa shape index (κ2) is 7.26. The van der Waals surface area contributed by atoms with Gasteiger partial charge in [0.15, 0.2) is 12.1 Å². The fourth-order valence-electron chi connectivity index (χ4n) is 1.56. The van der Waals surface area contributed by atoms with Crippen LogP contribution >= 0.6 is 0 Å². The van der Waals surface area contributed by atoms with Gasteiger partial charge < -0.3 is 19.9 Å². The summed E-state index contributed by atoms with van der Waals surface area (Å²) in [5.74, 6) is -1.37. The maximum absolute atomic E-state index is 11.7. The number of carbonyl (C=O) groups excluding carboxylic acids is 1. The van der Waals surface area contributed by atoms with Crippen molar-refractivity contribution in [2.24, 2.45) is 0 Å². The van der Waals surface area contributed by atoms with Gasteiger partial charge in [-0.05, 0) is 31.2 Å². The summed E-state index contributed by atoms with van der Waals surface area (Å²) in [6.07, 6.45) is 0. The van der Waals surface area contributed by atoms with Crippen LogP contribution in [0.2, 0.25) is 0 Å². The Morgan fingerprint density at radius 1 is 1.38 bits per heavy atom. The van der Waals surface area contributed by atoms with Crippen molar-refractivity contribution in [3.63, 3.8) is 0 Å². The number of amides is 1. The predicted octanol–water partition coefficient (Wildman–Crippen LogP) is 0.543. The lowest BCUT2D eigenvalue weighted by molar-refractivity contribution is -0.149. The highest BCUT2D eigenvalue weighted by Crippen LogP contribution is 2.11. The van der Waals surface area contributed by atoms with Crippen molar-refractivity contribution in [3.8, 4) is 11.8 Å². The number of aliphatic carboxylic acids is 1. The van der Waals surface area contributed by atoms with Crippen molar-refractivity contribution in [2.75, 3.05) is 20.3 Å².